The molecule has 2 rings (SSSR count). The Morgan fingerprint density at radius 2 is 1.94 bits per heavy atom. The number of halogens is 1. The molecule has 4 heteroatoms. The lowest BCUT2D eigenvalue weighted by atomic mass is 10.1. The van der Waals surface area contributed by atoms with E-state index in [1.165, 1.54) is 12.1 Å². The number of hydrogen-bond acceptors (Lipinski definition) is 2. The highest BCUT2D eigenvalue weighted by Gasteiger charge is 2.25. The number of hydrogen-bond donors (Lipinski definition) is 0. The fourth-order valence-electron chi connectivity index (χ4n) is 2.31. The predicted octanol–water partition coefficient (Wildman–Crippen LogP) is 1.88. The highest BCUT2D eigenvalue weighted by atomic mass is 19.1. The molecule has 1 aliphatic rings. The van der Waals surface area contributed by atoms with E-state index in [-0.39, 0.29) is 17.8 Å². The van der Waals surface area contributed by atoms with Crippen LogP contribution >= 0.6 is 0 Å². The van der Waals surface area contributed by atoms with E-state index in [9.17, 15) is 9.18 Å². The summed E-state index contributed by atoms with van der Waals surface area (Å²) in [6.07, 6.45) is 0. The fourth-order valence-corrected chi connectivity index (χ4v) is 2.31. The zero-order chi connectivity index (χ0) is 12.4. The number of rotatable bonds is 1. The molecule has 1 amide bonds. The van der Waals surface area contributed by atoms with Crippen LogP contribution in [0.15, 0.2) is 24.3 Å². The van der Waals surface area contributed by atoms with Crippen molar-refractivity contribution in [1.82, 2.24) is 4.90 Å². The van der Waals surface area contributed by atoms with Crippen molar-refractivity contribution in [3.63, 3.8) is 0 Å². The molecule has 1 aliphatic heterocycles. The zero-order valence-corrected chi connectivity index (χ0v) is 10.2. The molecule has 0 saturated carbocycles. The second kappa shape index (κ2) is 4.73. The second-order valence-corrected chi connectivity index (χ2v) is 4.48. The van der Waals surface area contributed by atoms with Crippen LogP contribution in [0.25, 0.3) is 0 Å². The highest BCUT2D eigenvalue weighted by molar-refractivity contribution is 5.74. The van der Waals surface area contributed by atoms with Crippen molar-refractivity contribution in [3.8, 4) is 0 Å². The van der Waals surface area contributed by atoms with Gasteiger partial charge in [-0.05, 0) is 31.2 Å². The molecule has 1 fully saturated rings. The minimum Gasteiger partial charge on any atom is -0.368 e. The van der Waals surface area contributed by atoms with Gasteiger partial charge in [-0.2, -0.15) is 0 Å². The van der Waals surface area contributed by atoms with Gasteiger partial charge in [-0.25, -0.2) is 4.39 Å². The highest BCUT2D eigenvalue weighted by Crippen LogP contribution is 2.19. The molecule has 0 aliphatic carbocycles. The van der Waals surface area contributed by atoms with E-state index in [0.29, 0.717) is 0 Å². The molecule has 0 aromatic heterocycles. The van der Waals surface area contributed by atoms with Crippen molar-refractivity contribution in [2.75, 3.05) is 24.5 Å². The van der Waals surface area contributed by atoms with E-state index in [2.05, 4.69) is 4.90 Å². The molecule has 3 nitrogen and oxygen atoms in total. The first-order chi connectivity index (χ1) is 8.08. The molecule has 0 spiro atoms. The summed E-state index contributed by atoms with van der Waals surface area (Å²) in [5, 5.41) is 0. The molecule has 0 unspecified atom stereocenters. The van der Waals surface area contributed by atoms with Gasteiger partial charge in [0, 0.05) is 38.3 Å². The van der Waals surface area contributed by atoms with Gasteiger partial charge in [0.25, 0.3) is 0 Å². The Balaban J connectivity index is 2.06. The van der Waals surface area contributed by atoms with E-state index in [4.69, 9.17) is 0 Å². The van der Waals surface area contributed by atoms with Crippen LogP contribution < -0.4 is 4.90 Å². The lowest BCUT2D eigenvalue weighted by Crippen LogP contribution is -2.53. The maximum atomic E-state index is 12.8. The van der Waals surface area contributed by atoms with E-state index < -0.39 is 0 Å². The van der Waals surface area contributed by atoms with E-state index in [1.54, 1.807) is 19.1 Å². The Hall–Kier alpha value is -1.58. The van der Waals surface area contributed by atoms with Crippen LogP contribution in [0.2, 0.25) is 0 Å². The summed E-state index contributed by atoms with van der Waals surface area (Å²) < 4.78 is 12.8. The third-order valence-electron chi connectivity index (χ3n) is 3.22. The van der Waals surface area contributed by atoms with Crippen LogP contribution in [0, 0.1) is 5.82 Å². The van der Waals surface area contributed by atoms with Gasteiger partial charge < -0.3 is 9.80 Å². The number of nitrogens with zero attached hydrogens (tertiary/aromatic N) is 2. The van der Waals surface area contributed by atoms with Gasteiger partial charge in [-0.1, -0.05) is 0 Å². The zero-order valence-electron chi connectivity index (χ0n) is 10.2. The standard InChI is InChI=1S/C13H17FN2O/c1-10-9-15(7-8-16(10)11(2)17)13-5-3-12(14)4-6-13/h3-6,10H,7-9H2,1-2H3/t10-/m1/s1. The van der Waals surface area contributed by atoms with Crippen LogP contribution in [0.3, 0.4) is 0 Å². The Kier molecular flexibility index (Phi) is 3.31. The molecule has 0 radical (unpaired) electrons. The summed E-state index contributed by atoms with van der Waals surface area (Å²) in [4.78, 5) is 15.4. The number of anilines is 1. The number of carbonyl (C=O) groups excluding carboxylic acids is 1. The van der Waals surface area contributed by atoms with Crippen molar-refractivity contribution in [2.24, 2.45) is 0 Å². The fraction of sp³-hybridized carbons (Fsp3) is 0.462. The molecule has 1 heterocycles. The van der Waals surface area contributed by atoms with Gasteiger partial charge in [-0.3, -0.25) is 4.79 Å². The predicted molar refractivity (Wildman–Crippen MR) is 65.5 cm³/mol. The third-order valence-corrected chi connectivity index (χ3v) is 3.22. The van der Waals surface area contributed by atoms with Crippen LogP contribution in [-0.4, -0.2) is 36.5 Å². The smallest absolute Gasteiger partial charge is 0.219 e. The first-order valence-corrected chi connectivity index (χ1v) is 5.85. The van der Waals surface area contributed by atoms with Crippen LogP contribution in [-0.2, 0) is 4.79 Å². The molecular weight excluding hydrogens is 219 g/mol. The van der Waals surface area contributed by atoms with Crippen molar-refractivity contribution >= 4 is 11.6 Å². The van der Waals surface area contributed by atoms with Crippen molar-refractivity contribution in [3.05, 3.63) is 30.1 Å². The van der Waals surface area contributed by atoms with Gasteiger partial charge in [0.15, 0.2) is 0 Å². The molecule has 0 N–H and O–H groups in total. The first kappa shape index (κ1) is 11.9. The molecule has 92 valence electrons. The Bertz CT molecular complexity index is 404. The minimum atomic E-state index is -0.218. The minimum absolute atomic E-state index is 0.122. The molecule has 17 heavy (non-hydrogen) atoms. The molecule has 1 aromatic rings. The first-order valence-electron chi connectivity index (χ1n) is 5.85. The van der Waals surface area contributed by atoms with Crippen LogP contribution in [0.5, 0.6) is 0 Å². The molecule has 1 atom stereocenters. The summed E-state index contributed by atoms with van der Waals surface area (Å²) in [5.74, 6) is -0.0968. The Morgan fingerprint density at radius 1 is 1.29 bits per heavy atom. The lowest BCUT2D eigenvalue weighted by molar-refractivity contribution is -0.131. The van der Waals surface area contributed by atoms with Crippen molar-refractivity contribution < 1.29 is 9.18 Å². The van der Waals surface area contributed by atoms with Gasteiger partial charge >= 0.3 is 0 Å². The van der Waals surface area contributed by atoms with E-state index in [1.807, 2.05) is 11.8 Å². The quantitative estimate of drug-likeness (QED) is 0.743. The summed E-state index contributed by atoms with van der Waals surface area (Å²) in [6.45, 7) is 5.97. The summed E-state index contributed by atoms with van der Waals surface area (Å²) in [5.41, 5.74) is 1.02. The van der Waals surface area contributed by atoms with Gasteiger partial charge in [0.05, 0.1) is 0 Å². The molecule has 0 bridgehead atoms. The largest absolute Gasteiger partial charge is 0.368 e. The number of amides is 1. The number of piperazine rings is 1. The van der Waals surface area contributed by atoms with E-state index >= 15 is 0 Å². The summed E-state index contributed by atoms with van der Waals surface area (Å²) in [6, 6.07) is 6.71. The molecule has 1 saturated heterocycles. The van der Waals surface area contributed by atoms with E-state index in [0.717, 1.165) is 25.3 Å². The average molecular weight is 236 g/mol. The molecular formula is C13H17FN2O. The van der Waals surface area contributed by atoms with Crippen LogP contribution in [0.4, 0.5) is 10.1 Å². The normalized spacial score (nSPS) is 20.5. The molecule has 1 aromatic carbocycles. The Labute approximate surface area is 101 Å². The SMILES string of the molecule is CC(=O)N1CCN(c2ccc(F)cc2)C[C@H]1C. The van der Waals surface area contributed by atoms with Crippen LogP contribution in [0.1, 0.15) is 13.8 Å². The lowest BCUT2D eigenvalue weighted by Gasteiger charge is -2.40. The maximum Gasteiger partial charge on any atom is 0.219 e. The second-order valence-electron chi connectivity index (χ2n) is 4.48. The van der Waals surface area contributed by atoms with Gasteiger partial charge in [-0.15, -0.1) is 0 Å². The Morgan fingerprint density at radius 3 is 2.47 bits per heavy atom. The summed E-state index contributed by atoms with van der Waals surface area (Å²) >= 11 is 0. The monoisotopic (exact) mass is 236 g/mol. The third kappa shape index (κ3) is 2.57. The van der Waals surface area contributed by atoms with Crippen molar-refractivity contribution in [2.45, 2.75) is 19.9 Å². The summed E-state index contributed by atoms with van der Waals surface area (Å²) in [7, 11) is 0. The topological polar surface area (TPSA) is 23.6 Å². The number of benzene rings is 1. The van der Waals surface area contributed by atoms with Gasteiger partial charge in [0.2, 0.25) is 5.91 Å². The number of carbonyl (C=O) groups is 1. The van der Waals surface area contributed by atoms with Gasteiger partial charge in [0.1, 0.15) is 5.82 Å². The average Bonchev–Trinajstić information content (AvgIpc) is 2.29. The van der Waals surface area contributed by atoms with Crippen molar-refractivity contribution in [1.29, 1.82) is 0 Å². The maximum absolute atomic E-state index is 12.8.